The first kappa shape index (κ1) is 24.5. The highest BCUT2D eigenvalue weighted by molar-refractivity contribution is 7.92. The van der Waals surface area contributed by atoms with Gasteiger partial charge in [0.1, 0.15) is 35.1 Å². The third-order valence-electron chi connectivity index (χ3n) is 5.35. The molecule has 0 fully saturated rings. The first-order valence-electron chi connectivity index (χ1n) is 10.3. The molecule has 0 aliphatic carbocycles. The lowest BCUT2D eigenvalue weighted by atomic mass is 9.89. The number of nitrogens with zero attached hydrogens (tertiary/aromatic N) is 1. The summed E-state index contributed by atoms with van der Waals surface area (Å²) in [5.74, 6) is 1.60. The van der Waals surface area contributed by atoms with Crippen LogP contribution in [0.1, 0.15) is 31.9 Å². The summed E-state index contributed by atoms with van der Waals surface area (Å²) in [6.45, 7) is 3.45. The van der Waals surface area contributed by atoms with Crippen LogP contribution in [-0.4, -0.2) is 54.1 Å². The Kier molecular flexibility index (Phi) is 6.97. The van der Waals surface area contributed by atoms with Crippen LogP contribution in [0, 0.1) is 0 Å². The first-order chi connectivity index (χ1) is 15.5. The van der Waals surface area contributed by atoms with Gasteiger partial charge in [-0.1, -0.05) is 0 Å². The minimum absolute atomic E-state index is 0.241. The molecule has 1 aliphatic rings. The molecule has 1 N–H and O–H groups in total. The Morgan fingerprint density at radius 3 is 2.33 bits per heavy atom. The monoisotopic (exact) mass is 478 g/mol. The van der Waals surface area contributed by atoms with Gasteiger partial charge in [0, 0.05) is 18.1 Å². The van der Waals surface area contributed by atoms with Crippen molar-refractivity contribution in [3.05, 3.63) is 42.0 Å². The average molecular weight is 479 g/mol. The fourth-order valence-corrected chi connectivity index (χ4v) is 4.69. The van der Waals surface area contributed by atoms with E-state index in [0.29, 0.717) is 23.7 Å². The van der Waals surface area contributed by atoms with E-state index in [1.807, 2.05) is 19.9 Å². The number of ether oxygens (including phenoxy) is 4. The molecule has 0 saturated heterocycles. The second-order valence-corrected chi connectivity index (χ2v) is 10.3. The van der Waals surface area contributed by atoms with Gasteiger partial charge in [0.25, 0.3) is 0 Å². The van der Waals surface area contributed by atoms with Crippen molar-refractivity contribution in [2.45, 2.75) is 31.9 Å². The minimum Gasteiger partial charge on any atom is -0.497 e. The van der Waals surface area contributed by atoms with Crippen molar-refractivity contribution < 1.29 is 32.2 Å². The predicted octanol–water partition coefficient (Wildman–Crippen LogP) is 2.90. The lowest BCUT2D eigenvalue weighted by Crippen LogP contribution is -2.45. The van der Waals surface area contributed by atoms with Crippen molar-refractivity contribution in [2.24, 2.45) is 0 Å². The van der Waals surface area contributed by atoms with Crippen LogP contribution in [0.25, 0.3) is 0 Å². The SMILES string of the molecule is COc1ccc(N(CC(=O)NC2CC(C)(C)Oc3ccc(OC)cc32)S(C)(=O)=O)c(OC)c1. The van der Waals surface area contributed by atoms with Crippen molar-refractivity contribution in [1.29, 1.82) is 0 Å². The second-order valence-electron chi connectivity index (χ2n) is 8.40. The van der Waals surface area contributed by atoms with Crippen molar-refractivity contribution in [1.82, 2.24) is 5.32 Å². The lowest BCUT2D eigenvalue weighted by Gasteiger charge is -2.38. The Morgan fingerprint density at radius 2 is 1.73 bits per heavy atom. The second kappa shape index (κ2) is 9.38. The summed E-state index contributed by atoms with van der Waals surface area (Å²) in [6.07, 6.45) is 1.55. The maximum Gasteiger partial charge on any atom is 0.241 e. The minimum atomic E-state index is -3.79. The average Bonchev–Trinajstić information content (AvgIpc) is 2.75. The third kappa shape index (κ3) is 5.62. The molecule has 1 atom stereocenters. The van der Waals surface area contributed by atoms with E-state index in [4.69, 9.17) is 18.9 Å². The highest BCUT2D eigenvalue weighted by Crippen LogP contribution is 2.41. The summed E-state index contributed by atoms with van der Waals surface area (Å²) < 4.78 is 48.1. The van der Waals surface area contributed by atoms with Crippen LogP contribution in [-0.2, 0) is 14.8 Å². The number of sulfonamides is 1. The molecular formula is C23H30N2O7S. The van der Waals surface area contributed by atoms with E-state index >= 15 is 0 Å². The summed E-state index contributed by atoms with van der Waals surface area (Å²) >= 11 is 0. The molecule has 0 spiro atoms. The Morgan fingerprint density at radius 1 is 1.09 bits per heavy atom. The van der Waals surface area contributed by atoms with Crippen LogP contribution in [0.5, 0.6) is 23.0 Å². The summed E-state index contributed by atoms with van der Waals surface area (Å²) in [4.78, 5) is 13.1. The zero-order valence-corrected chi connectivity index (χ0v) is 20.5. The van der Waals surface area contributed by atoms with Gasteiger partial charge in [0.05, 0.1) is 39.3 Å². The van der Waals surface area contributed by atoms with Crippen LogP contribution in [0.15, 0.2) is 36.4 Å². The lowest BCUT2D eigenvalue weighted by molar-refractivity contribution is -0.120. The zero-order valence-electron chi connectivity index (χ0n) is 19.7. The number of carbonyl (C=O) groups excluding carboxylic acids is 1. The number of hydrogen-bond acceptors (Lipinski definition) is 7. The topological polar surface area (TPSA) is 103 Å². The standard InChI is InChI=1S/C23H30N2O7S/c1-23(2)13-18(17-11-15(29-3)8-10-20(17)32-23)24-22(26)14-25(33(6,27)28)19-9-7-16(30-4)12-21(19)31-5/h7-12,18H,13-14H2,1-6H3,(H,24,26). The molecule has 1 unspecified atom stereocenters. The van der Waals surface area contributed by atoms with Crippen molar-refractivity contribution >= 4 is 21.6 Å². The van der Waals surface area contributed by atoms with Gasteiger partial charge in [-0.05, 0) is 44.2 Å². The van der Waals surface area contributed by atoms with Crippen molar-refractivity contribution in [3.8, 4) is 23.0 Å². The molecule has 10 heteroatoms. The molecule has 180 valence electrons. The molecule has 2 aromatic carbocycles. The molecule has 0 aromatic heterocycles. The first-order valence-corrected chi connectivity index (χ1v) is 12.2. The van der Waals surface area contributed by atoms with Gasteiger partial charge in [0.2, 0.25) is 15.9 Å². The highest BCUT2D eigenvalue weighted by atomic mass is 32.2. The largest absolute Gasteiger partial charge is 0.497 e. The summed E-state index contributed by atoms with van der Waals surface area (Å²) in [5.41, 5.74) is 0.496. The molecule has 2 aromatic rings. The molecule has 33 heavy (non-hydrogen) atoms. The number of carbonyl (C=O) groups is 1. The van der Waals surface area contributed by atoms with E-state index in [1.165, 1.54) is 14.2 Å². The van der Waals surface area contributed by atoms with Gasteiger partial charge in [0.15, 0.2) is 0 Å². The third-order valence-corrected chi connectivity index (χ3v) is 6.48. The Bertz CT molecular complexity index is 1130. The van der Waals surface area contributed by atoms with Gasteiger partial charge in [-0.2, -0.15) is 0 Å². The molecule has 0 bridgehead atoms. The fraction of sp³-hybridized carbons (Fsp3) is 0.435. The summed E-state index contributed by atoms with van der Waals surface area (Å²) in [7, 11) is 0.694. The van der Waals surface area contributed by atoms with Gasteiger partial charge in [-0.25, -0.2) is 8.42 Å². The number of benzene rings is 2. The Balaban J connectivity index is 1.89. The maximum absolute atomic E-state index is 13.1. The molecule has 1 heterocycles. The Labute approximate surface area is 194 Å². The number of hydrogen-bond donors (Lipinski definition) is 1. The Hall–Kier alpha value is -3.14. The number of anilines is 1. The van der Waals surface area contributed by atoms with Gasteiger partial charge < -0.3 is 24.3 Å². The van der Waals surface area contributed by atoms with Crippen LogP contribution < -0.4 is 28.6 Å². The molecule has 1 aliphatic heterocycles. The van der Waals surface area contributed by atoms with Crippen LogP contribution >= 0.6 is 0 Å². The van der Waals surface area contributed by atoms with E-state index in [-0.39, 0.29) is 17.5 Å². The zero-order chi connectivity index (χ0) is 24.4. The van der Waals surface area contributed by atoms with Crippen LogP contribution in [0.2, 0.25) is 0 Å². The molecule has 9 nitrogen and oxygen atoms in total. The molecular weight excluding hydrogens is 448 g/mol. The van der Waals surface area contributed by atoms with E-state index in [0.717, 1.165) is 16.1 Å². The van der Waals surface area contributed by atoms with E-state index in [2.05, 4.69) is 5.32 Å². The summed E-state index contributed by atoms with van der Waals surface area (Å²) in [5, 5.41) is 2.97. The van der Waals surface area contributed by atoms with Gasteiger partial charge in [-0.3, -0.25) is 9.10 Å². The molecule has 3 rings (SSSR count). The predicted molar refractivity (Wildman–Crippen MR) is 125 cm³/mol. The number of amides is 1. The van der Waals surface area contributed by atoms with Crippen molar-refractivity contribution in [3.63, 3.8) is 0 Å². The van der Waals surface area contributed by atoms with E-state index in [1.54, 1.807) is 37.4 Å². The normalized spacial score (nSPS) is 16.7. The molecule has 1 amide bonds. The van der Waals surface area contributed by atoms with Gasteiger partial charge >= 0.3 is 0 Å². The van der Waals surface area contributed by atoms with Gasteiger partial charge in [-0.15, -0.1) is 0 Å². The smallest absolute Gasteiger partial charge is 0.241 e. The maximum atomic E-state index is 13.1. The summed E-state index contributed by atoms with van der Waals surface area (Å²) in [6, 6.07) is 9.75. The fourth-order valence-electron chi connectivity index (χ4n) is 3.83. The highest BCUT2D eigenvalue weighted by Gasteiger charge is 2.35. The molecule has 0 radical (unpaired) electrons. The van der Waals surface area contributed by atoms with Crippen LogP contribution in [0.4, 0.5) is 5.69 Å². The molecule has 0 saturated carbocycles. The quantitative estimate of drug-likeness (QED) is 0.622. The number of fused-ring (bicyclic) bond motifs is 1. The van der Waals surface area contributed by atoms with E-state index in [9.17, 15) is 13.2 Å². The van der Waals surface area contributed by atoms with Crippen molar-refractivity contribution in [2.75, 3.05) is 38.4 Å². The van der Waals surface area contributed by atoms with E-state index < -0.39 is 28.1 Å². The number of methoxy groups -OCH3 is 3. The van der Waals surface area contributed by atoms with Crippen LogP contribution in [0.3, 0.4) is 0 Å². The number of rotatable bonds is 8. The number of nitrogens with one attached hydrogen (secondary N) is 1.